The van der Waals surface area contributed by atoms with Gasteiger partial charge in [-0.3, -0.25) is 9.59 Å². The minimum absolute atomic E-state index is 0.458. The van der Waals surface area contributed by atoms with Gasteiger partial charge in [-0.05, 0) is 24.8 Å². The van der Waals surface area contributed by atoms with E-state index in [2.05, 4.69) is 19.2 Å². The Hall–Kier alpha value is -1.84. The van der Waals surface area contributed by atoms with Crippen LogP contribution in [0.1, 0.15) is 32.8 Å². The number of carbonyl (C=O) groups excluding carboxylic acids is 2. The van der Waals surface area contributed by atoms with E-state index >= 15 is 0 Å². The highest BCUT2D eigenvalue weighted by Gasteiger charge is 2.20. The number of nitrogens with one attached hydrogen (secondary N) is 1. The van der Waals surface area contributed by atoms with Crippen molar-refractivity contribution in [1.29, 1.82) is 0 Å². The first-order chi connectivity index (χ1) is 9.54. The molecule has 0 saturated carbocycles. The van der Waals surface area contributed by atoms with E-state index < -0.39 is 11.8 Å². The van der Waals surface area contributed by atoms with Crippen molar-refractivity contribution in [3.8, 4) is 0 Å². The topological polar surface area (TPSA) is 49.4 Å². The Bertz CT molecular complexity index is 429. The largest absolute Gasteiger partial charge is 0.348 e. The zero-order valence-electron chi connectivity index (χ0n) is 12.6. The van der Waals surface area contributed by atoms with Gasteiger partial charge in [0.05, 0.1) is 0 Å². The summed E-state index contributed by atoms with van der Waals surface area (Å²) in [6, 6.07) is 9.69. The van der Waals surface area contributed by atoms with Crippen molar-refractivity contribution in [3.63, 3.8) is 0 Å². The maximum absolute atomic E-state index is 12.1. The Morgan fingerprint density at radius 1 is 1.20 bits per heavy atom. The van der Waals surface area contributed by atoms with Crippen LogP contribution >= 0.6 is 0 Å². The van der Waals surface area contributed by atoms with Crippen molar-refractivity contribution in [1.82, 2.24) is 10.2 Å². The van der Waals surface area contributed by atoms with E-state index in [-0.39, 0.29) is 0 Å². The summed E-state index contributed by atoms with van der Waals surface area (Å²) in [5, 5.41) is 2.68. The molecule has 0 aromatic heterocycles. The first-order valence-electron chi connectivity index (χ1n) is 7.15. The first-order valence-corrected chi connectivity index (χ1v) is 7.15. The molecule has 1 aromatic rings. The summed E-state index contributed by atoms with van der Waals surface area (Å²) in [4.78, 5) is 25.4. The monoisotopic (exact) mass is 276 g/mol. The third-order valence-corrected chi connectivity index (χ3v) is 3.09. The molecule has 0 aliphatic carbocycles. The van der Waals surface area contributed by atoms with Crippen LogP contribution in [-0.2, 0) is 16.1 Å². The highest BCUT2D eigenvalue weighted by molar-refractivity contribution is 6.34. The average molecular weight is 276 g/mol. The molecule has 4 nitrogen and oxygen atoms in total. The lowest BCUT2D eigenvalue weighted by Crippen LogP contribution is -2.43. The molecule has 4 heteroatoms. The highest BCUT2D eigenvalue weighted by atomic mass is 16.2. The number of hydrogen-bond acceptors (Lipinski definition) is 2. The van der Waals surface area contributed by atoms with E-state index in [0.717, 1.165) is 12.0 Å². The summed E-state index contributed by atoms with van der Waals surface area (Å²) in [5.74, 6) is -0.458. The quantitative estimate of drug-likeness (QED) is 0.810. The molecule has 0 bridgehead atoms. The first kappa shape index (κ1) is 16.2. The number of benzene rings is 1. The van der Waals surface area contributed by atoms with Crippen molar-refractivity contribution in [2.45, 2.75) is 33.7 Å². The molecule has 0 aliphatic heterocycles. The van der Waals surface area contributed by atoms with Crippen LogP contribution in [-0.4, -0.2) is 29.8 Å². The van der Waals surface area contributed by atoms with Gasteiger partial charge in [0.15, 0.2) is 0 Å². The zero-order chi connectivity index (χ0) is 15.0. The van der Waals surface area contributed by atoms with E-state index in [0.29, 0.717) is 25.6 Å². The maximum Gasteiger partial charge on any atom is 0.312 e. The van der Waals surface area contributed by atoms with Gasteiger partial charge >= 0.3 is 11.8 Å². The Morgan fingerprint density at radius 2 is 1.85 bits per heavy atom. The zero-order valence-corrected chi connectivity index (χ0v) is 12.6. The predicted octanol–water partition coefficient (Wildman–Crippen LogP) is 2.20. The van der Waals surface area contributed by atoms with Crippen LogP contribution < -0.4 is 5.32 Å². The normalized spacial score (nSPS) is 10.4. The molecule has 1 rings (SSSR count). The Kier molecular flexibility index (Phi) is 6.77. The highest BCUT2D eigenvalue weighted by Crippen LogP contribution is 2.04. The summed E-state index contributed by atoms with van der Waals surface area (Å²) in [6.07, 6.45) is 0.879. The minimum atomic E-state index is -0.511. The number of hydrogen-bond donors (Lipinski definition) is 1. The molecule has 0 spiro atoms. The molecule has 110 valence electrons. The second kappa shape index (κ2) is 8.35. The molecule has 1 aromatic carbocycles. The molecule has 0 unspecified atom stereocenters. The molecule has 0 saturated heterocycles. The predicted molar refractivity (Wildman–Crippen MR) is 80.0 cm³/mol. The van der Waals surface area contributed by atoms with Gasteiger partial charge in [0.25, 0.3) is 0 Å². The number of nitrogens with zero attached hydrogens (tertiary/aromatic N) is 1. The number of likely N-dealkylation sites (N-methyl/N-ethyl adjacent to an activating group) is 1. The lowest BCUT2D eigenvalue weighted by Gasteiger charge is -2.20. The summed E-state index contributed by atoms with van der Waals surface area (Å²) in [6.45, 7) is 7.58. The molecule has 2 amide bonds. The van der Waals surface area contributed by atoms with Crippen LogP contribution in [0.4, 0.5) is 0 Å². The smallest absolute Gasteiger partial charge is 0.312 e. The molecule has 0 heterocycles. The van der Waals surface area contributed by atoms with Gasteiger partial charge in [0.2, 0.25) is 0 Å². The lowest BCUT2D eigenvalue weighted by molar-refractivity contribution is -0.146. The second-order valence-corrected chi connectivity index (χ2v) is 5.24. The van der Waals surface area contributed by atoms with Gasteiger partial charge in [-0.1, -0.05) is 44.2 Å². The fraction of sp³-hybridized carbons (Fsp3) is 0.500. The van der Waals surface area contributed by atoms with Crippen molar-refractivity contribution >= 4 is 11.8 Å². The van der Waals surface area contributed by atoms with Crippen LogP contribution in [0.15, 0.2) is 30.3 Å². The van der Waals surface area contributed by atoms with E-state index in [1.807, 2.05) is 37.3 Å². The molecule has 0 radical (unpaired) electrons. The van der Waals surface area contributed by atoms with Crippen LogP contribution in [0, 0.1) is 5.92 Å². The Morgan fingerprint density at radius 3 is 2.40 bits per heavy atom. The Balaban J connectivity index is 2.51. The Labute approximate surface area is 121 Å². The standard InChI is InChI=1S/C16H24N2O2/c1-4-18(12-14-8-6-5-7-9-14)16(20)15(19)17-11-10-13(2)3/h5-9,13H,4,10-12H2,1-3H3,(H,17,19). The average Bonchev–Trinajstić information content (AvgIpc) is 2.44. The third-order valence-electron chi connectivity index (χ3n) is 3.09. The van der Waals surface area contributed by atoms with Crippen LogP contribution in [0.3, 0.4) is 0 Å². The van der Waals surface area contributed by atoms with Crippen LogP contribution in [0.25, 0.3) is 0 Å². The lowest BCUT2D eigenvalue weighted by atomic mass is 10.1. The van der Waals surface area contributed by atoms with E-state index in [1.54, 1.807) is 4.90 Å². The van der Waals surface area contributed by atoms with Crippen LogP contribution in [0.2, 0.25) is 0 Å². The summed E-state index contributed by atoms with van der Waals surface area (Å²) < 4.78 is 0. The number of amides is 2. The minimum Gasteiger partial charge on any atom is -0.348 e. The summed E-state index contributed by atoms with van der Waals surface area (Å²) >= 11 is 0. The van der Waals surface area contributed by atoms with Gasteiger partial charge in [0, 0.05) is 19.6 Å². The van der Waals surface area contributed by atoms with Gasteiger partial charge < -0.3 is 10.2 Å². The van der Waals surface area contributed by atoms with E-state index in [4.69, 9.17) is 0 Å². The number of carbonyl (C=O) groups is 2. The van der Waals surface area contributed by atoms with Crippen molar-refractivity contribution < 1.29 is 9.59 Å². The summed E-state index contributed by atoms with van der Waals surface area (Å²) in [7, 11) is 0. The molecule has 1 N–H and O–H groups in total. The summed E-state index contributed by atoms with van der Waals surface area (Å²) in [5.41, 5.74) is 1.03. The van der Waals surface area contributed by atoms with Crippen molar-refractivity contribution in [2.75, 3.05) is 13.1 Å². The fourth-order valence-electron chi connectivity index (χ4n) is 1.82. The third kappa shape index (κ3) is 5.43. The number of rotatable bonds is 6. The SMILES string of the molecule is CCN(Cc1ccccc1)C(=O)C(=O)NCCC(C)C. The van der Waals surface area contributed by atoms with Crippen molar-refractivity contribution in [3.05, 3.63) is 35.9 Å². The van der Waals surface area contributed by atoms with Crippen LogP contribution in [0.5, 0.6) is 0 Å². The molecular weight excluding hydrogens is 252 g/mol. The molecular formula is C16H24N2O2. The van der Waals surface area contributed by atoms with Gasteiger partial charge in [-0.15, -0.1) is 0 Å². The molecule has 0 aliphatic rings. The fourth-order valence-corrected chi connectivity index (χ4v) is 1.82. The second-order valence-electron chi connectivity index (χ2n) is 5.24. The molecule has 20 heavy (non-hydrogen) atoms. The van der Waals surface area contributed by atoms with Gasteiger partial charge in [0.1, 0.15) is 0 Å². The van der Waals surface area contributed by atoms with Crippen molar-refractivity contribution in [2.24, 2.45) is 5.92 Å². The van der Waals surface area contributed by atoms with E-state index in [9.17, 15) is 9.59 Å². The molecule has 0 fully saturated rings. The van der Waals surface area contributed by atoms with E-state index in [1.165, 1.54) is 0 Å². The van der Waals surface area contributed by atoms with Gasteiger partial charge in [-0.25, -0.2) is 0 Å². The maximum atomic E-state index is 12.1. The van der Waals surface area contributed by atoms with Gasteiger partial charge in [-0.2, -0.15) is 0 Å². The molecule has 0 atom stereocenters.